The number of H-pyrrole nitrogens is 1. The van der Waals surface area contributed by atoms with E-state index in [1.54, 1.807) is 4.90 Å². The summed E-state index contributed by atoms with van der Waals surface area (Å²) in [5.74, 6) is 0.517. The molecular weight excluding hydrogens is 324 g/mol. The van der Waals surface area contributed by atoms with Gasteiger partial charge in [-0.1, -0.05) is 60.7 Å². The maximum absolute atomic E-state index is 12.9. The van der Waals surface area contributed by atoms with Gasteiger partial charge in [0.15, 0.2) is 0 Å². The minimum Gasteiger partial charge on any atom is -0.324 e. The van der Waals surface area contributed by atoms with Gasteiger partial charge in [0.2, 0.25) is 5.95 Å². The molecule has 5 heteroatoms. The molecule has 1 aromatic heterocycles. The highest BCUT2D eigenvalue weighted by Gasteiger charge is 2.20. The lowest BCUT2D eigenvalue weighted by Crippen LogP contribution is -2.35. The van der Waals surface area contributed by atoms with Crippen molar-refractivity contribution in [2.24, 2.45) is 0 Å². The molecule has 5 nitrogen and oxygen atoms in total. The molecule has 128 valence electrons. The monoisotopic (exact) mass is 342 g/mol. The van der Waals surface area contributed by atoms with Gasteiger partial charge in [0.1, 0.15) is 0 Å². The van der Waals surface area contributed by atoms with Gasteiger partial charge >= 0.3 is 6.03 Å². The van der Waals surface area contributed by atoms with Crippen molar-refractivity contribution in [1.29, 1.82) is 0 Å². The third-order valence-corrected chi connectivity index (χ3v) is 4.09. The van der Waals surface area contributed by atoms with Crippen LogP contribution in [0, 0.1) is 0 Å². The fourth-order valence-electron chi connectivity index (χ4n) is 2.79. The summed E-state index contributed by atoms with van der Waals surface area (Å²) in [5.41, 5.74) is 3.49. The SMILES string of the molecule is O=C(Nc1ccccc1)N(Cc1ccccc1)c1nc2ccccc2[nH]1. The standard InChI is InChI=1S/C21H18N4O/c26-21(22-17-11-5-2-6-12-17)25(15-16-9-3-1-4-10-16)20-23-18-13-7-8-14-19(18)24-20/h1-14H,15H2,(H,22,26)(H,23,24). The number of amides is 2. The second-order valence-corrected chi connectivity index (χ2v) is 5.95. The van der Waals surface area contributed by atoms with E-state index in [1.807, 2.05) is 84.9 Å². The number of benzene rings is 3. The Morgan fingerprint density at radius 2 is 1.54 bits per heavy atom. The lowest BCUT2D eigenvalue weighted by Gasteiger charge is -2.20. The Labute approximate surface area is 151 Å². The Balaban J connectivity index is 1.67. The molecule has 0 saturated carbocycles. The molecule has 0 aliphatic rings. The van der Waals surface area contributed by atoms with E-state index in [1.165, 1.54) is 0 Å². The van der Waals surface area contributed by atoms with Gasteiger partial charge in [-0.3, -0.25) is 4.90 Å². The summed E-state index contributed by atoms with van der Waals surface area (Å²) >= 11 is 0. The fraction of sp³-hybridized carbons (Fsp3) is 0.0476. The Kier molecular flexibility index (Phi) is 4.35. The van der Waals surface area contributed by atoms with Crippen LogP contribution in [-0.2, 0) is 6.54 Å². The molecule has 2 N–H and O–H groups in total. The number of imidazole rings is 1. The van der Waals surface area contributed by atoms with Gasteiger partial charge in [-0.15, -0.1) is 0 Å². The summed E-state index contributed by atoms with van der Waals surface area (Å²) in [6.45, 7) is 0.416. The van der Waals surface area contributed by atoms with Crippen molar-refractivity contribution >= 4 is 28.7 Å². The van der Waals surface area contributed by atoms with Crippen molar-refractivity contribution in [1.82, 2.24) is 9.97 Å². The van der Waals surface area contributed by atoms with Gasteiger partial charge < -0.3 is 10.3 Å². The predicted octanol–water partition coefficient (Wildman–Crippen LogP) is 4.80. The first-order valence-corrected chi connectivity index (χ1v) is 8.42. The summed E-state index contributed by atoms with van der Waals surface area (Å²) in [4.78, 5) is 22.4. The van der Waals surface area contributed by atoms with Crippen LogP contribution in [0.4, 0.5) is 16.4 Å². The third kappa shape index (κ3) is 3.42. The molecule has 0 aliphatic carbocycles. The van der Waals surface area contributed by atoms with E-state index in [0.717, 1.165) is 22.3 Å². The molecule has 0 radical (unpaired) electrons. The number of aromatic amines is 1. The number of rotatable bonds is 4. The predicted molar refractivity (Wildman–Crippen MR) is 104 cm³/mol. The van der Waals surface area contributed by atoms with E-state index >= 15 is 0 Å². The highest BCUT2D eigenvalue weighted by molar-refractivity contribution is 6.01. The van der Waals surface area contributed by atoms with Gasteiger partial charge in [-0.2, -0.15) is 0 Å². The van der Waals surface area contributed by atoms with E-state index in [0.29, 0.717) is 12.5 Å². The molecule has 26 heavy (non-hydrogen) atoms. The van der Waals surface area contributed by atoms with Crippen LogP contribution in [0.5, 0.6) is 0 Å². The zero-order valence-corrected chi connectivity index (χ0v) is 14.1. The van der Waals surface area contributed by atoms with Gasteiger partial charge in [0.25, 0.3) is 0 Å². The Hall–Kier alpha value is -3.60. The molecular formula is C21H18N4O. The Morgan fingerprint density at radius 3 is 2.27 bits per heavy atom. The van der Waals surface area contributed by atoms with Crippen molar-refractivity contribution in [3.8, 4) is 0 Å². The second-order valence-electron chi connectivity index (χ2n) is 5.95. The lowest BCUT2D eigenvalue weighted by atomic mass is 10.2. The average Bonchev–Trinajstić information content (AvgIpc) is 3.11. The van der Waals surface area contributed by atoms with Crippen LogP contribution in [0.15, 0.2) is 84.9 Å². The van der Waals surface area contributed by atoms with E-state index < -0.39 is 0 Å². The molecule has 0 unspecified atom stereocenters. The van der Waals surface area contributed by atoms with Crippen molar-refractivity contribution in [3.05, 3.63) is 90.5 Å². The van der Waals surface area contributed by atoms with Crippen LogP contribution in [0.1, 0.15) is 5.56 Å². The topological polar surface area (TPSA) is 61.0 Å². The first-order chi connectivity index (χ1) is 12.8. The molecule has 4 rings (SSSR count). The van der Waals surface area contributed by atoms with E-state index in [-0.39, 0.29) is 6.03 Å². The summed E-state index contributed by atoms with van der Waals surface area (Å²) in [5, 5.41) is 2.93. The molecule has 3 aromatic carbocycles. The van der Waals surface area contributed by atoms with E-state index in [4.69, 9.17) is 0 Å². The highest BCUT2D eigenvalue weighted by Crippen LogP contribution is 2.20. The maximum atomic E-state index is 12.9. The quantitative estimate of drug-likeness (QED) is 0.559. The number of anilines is 2. The largest absolute Gasteiger partial charge is 0.328 e. The minimum atomic E-state index is -0.237. The number of nitrogens with one attached hydrogen (secondary N) is 2. The number of hydrogen-bond donors (Lipinski definition) is 2. The molecule has 0 spiro atoms. The molecule has 0 aliphatic heterocycles. The molecule has 0 saturated heterocycles. The molecule has 0 atom stereocenters. The molecule has 2 amide bonds. The summed E-state index contributed by atoms with van der Waals surface area (Å²) in [6, 6.07) is 26.8. The first kappa shape index (κ1) is 15.9. The highest BCUT2D eigenvalue weighted by atomic mass is 16.2. The van der Waals surface area contributed by atoms with Crippen LogP contribution >= 0.6 is 0 Å². The lowest BCUT2D eigenvalue weighted by molar-refractivity contribution is 0.256. The number of aromatic nitrogens is 2. The zero-order chi connectivity index (χ0) is 17.8. The van der Waals surface area contributed by atoms with Crippen molar-refractivity contribution in [2.45, 2.75) is 6.54 Å². The van der Waals surface area contributed by atoms with Crippen LogP contribution in [-0.4, -0.2) is 16.0 Å². The number of carbonyl (C=O) groups excluding carboxylic acids is 1. The second kappa shape index (κ2) is 7.11. The molecule has 0 bridgehead atoms. The van der Waals surface area contributed by atoms with Crippen LogP contribution in [0.25, 0.3) is 11.0 Å². The van der Waals surface area contributed by atoms with E-state index in [2.05, 4.69) is 15.3 Å². The number of fused-ring (bicyclic) bond motifs is 1. The van der Waals surface area contributed by atoms with Gasteiger partial charge in [0.05, 0.1) is 17.6 Å². The number of nitrogens with zero attached hydrogens (tertiary/aromatic N) is 2. The third-order valence-electron chi connectivity index (χ3n) is 4.09. The molecule has 0 fully saturated rings. The van der Waals surface area contributed by atoms with Crippen LogP contribution in [0.2, 0.25) is 0 Å². The first-order valence-electron chi connectivity index (χ1n) is 8.42. The van der Waals surface area contributed by atoms with Crippen LogP contribution < -0.4 is 10.2 Å². The summed E-state index contributed by atoms with van der Waals surface area (Å²) < 4.78 is 0. The number of urea groups is 1. The zero-order valence-electron chi connectivity index (χ0n) is 14.1. The number of hydrogen-bond acceptors (Lipinski definition) is 2. The van der Waals surface area contributed by atoms with Crippen molar-refractivity contribution in [2.75, 3.05) is 10.2 Å². The normalized spacial score (nSPS) is 10.6. The average molecular weight is 342 g/mol. The summed E-state index contributed by atoms with van der Waals surface area (Å²) in [6.07, 6.45) is 0. The van der Waals surface area contributed by atoms with Crippen LogP contribution in [0.3, 0.4) is 0 Å². The molecule has 1 heterocycles. The molecule has 4 aromatic rings. The Morgan fingerprint density at radius 1 is 0.885 bits per heavy atom. The van der Waals surface area contributed by atoms with E-state index in [9.17, 15) is 4.79 Å². The Bertz CT molecular complexity index is 979. The van der Waals surface area contributed by atoms with Crippen molar-refractivity contribution < 1.29 is 4.79 Å². The van der Waals surface area contributed by atoms with Gasteiger partial charge in [0, 0.05) is 5.69 Å². The summed E-state index contributed by atoms with van der Waals surface area (Å²) in [7, 11) is 0. The number of para-hydroxylation sites is 3. The number of carbonyl (C=O) groups is 1. The minimum absolute atomic E-state index is 0.237. The van der Waals surface area contributed by atoms with Crippen molar-refractivity contribution in [3.63, 3.8) is 0 Å². The van der Waals surface area contributed by atoms with Gasteiger partial charge in [-0.25, -0.2) is 9.78 Å². The maximum Gasteiger partial charge on any atom is 0.328 e. The van der Waals surface area contributed by atoms with Gasteiger partial charge in [-0.05, 0) is 29.8 Å². The smallest absolute Gasteiger partial charge is 0.324 e. The fourth-order valence-corrected chi connectivity index (χ4v) is 2.79.